The number of hydrogen-bond donors (Lipinski definition) is 1. The highest BCUT2D eigenvalue weighted by Gasteiger charge is 2.14. The Balaban J connectivity index is 1.82. The molecule has 0 amide bonds. The zero-order valence-corrected chi connectivity index (χ0v) is 11.5. The molecule has 4 heteroatoms. The normalized spacial score (nSPS) is 15.5. The van der Waals surface area contributed by atoms with Gasteiger partial charge in [0.25, 0.3) is 0 Å². The predicted molar refractivity (Wildman–Crippen MR) is 82.6 cm³/mol. The van der Waals surface area contributed by atoms with Crippen molar-refractivity contribution in [3.63, 3.8) is 0 Å². The van der Waals surface area contributed by atoms with Crippen LogP contribution in [0, 0.1) is 0 Å². The fourth-order valence-electron chi connectivity index (χ4n) is 2.30. The summed E-state index contributed by atoms with van der Waals surface area (Å²) in [7, 11) is 0. The predicted octanol–water partition coefficient (Wildman–Crippen LogP) is 2.87. The van der Waals surface area contributed by atoms with Crippen LogP contribution in [0.4, 0.5) is 5.69 Å². The van der Waals surface area contributed by atoms with Crippen molar-refractivity contribution in [3.8, 4) is 0 Å². The summed E-state index contributed by atoms with van der Waals surface area (Å²) in [4.78, 5) is 2.15. The number of fused-ring (bicyclic) bond motifs is 1. The third-order valence-electron chi connectivity index (χ3n) is 3.33. The first-order valence-corrected chi connectivity index (χ1v) is 6.87. The molecule has 3 nitrogen and oxygen atoms in total. The maximum Gasteiger partial charge on any atom is 0.173 e. The van der Waals surface area contributed by atoms with Gasteiger partial charge in [-0.1, -0.05) is 36.4 Å². The van der Waals surface area contributed by atoms with Crippen LogP contribution in [0.5, 0.6) is 0 Å². The molecule has 0 unspecified atom stereocenters. The number of hydrogen-bond acceptors (Lipinski definition) is 2. The minimum absolute atomic E-state index is 0.747. The summed E-state index contributed by atoms with van der Waals surface area (Å²) in [5.41, 5.74) is 1.06. The summed E-state index contributed by atoms with van der Waals surface area (Å²) in [6, 6.07) is 14.5. The Morgan fingerprint density at radius 2 is 1.79 bits per heavy atom. The summed E-state index contributed by atoms with van der Waals surface area (Å²) >= 11 is 5.48. The molecule has 0 atom stereocenters. The van der Waals surface area contributed by atoms with Gasteiger partial charge in [0.05, 0.1) is 13.2 Å². The van der Waals surface area contributed by atoms with Crippen molar-refractivity contribution in [3.05, 3.63) is 42.5 Å². The summed E-state index contributed by atoms with van der Waals surface area (Å²) in [6.07, 6.45) is 0. The zero-order valence-electron chi connectivity index (χ0n) is 10.6. The smallest absolute Gasteiger partial charge is 0.173 e. The average Bonchev–Trinajstić information content (AvgIpc) is 2.48. The van der Waals surface area contributed by atoms with Crippen molar-refractivity contribution in [2.45, 2.75) is 0 Å². The number of nitrogens with zero attached hydrogens (tertiary/aromatic N) is 1. The third-order valence-corrected chi connectivity index (χ3v) is 3.69. The molecule has 0 aromatic heterocycles. The standard InChI is InChI=1S/C15H16N2OS/c19-15(17-8-10-18-11-9-17)16-14-7-3-5-12-4-1-2-6-13(12)14/h1-7H,8-11H2,(H,16,19). The van der Waals surface area contributed by atoms with Crippen molar-refractivity contribution in [1.29, 1.82) is 0 Å². The van der Waals surface area contributed by atoms with Crippen LogP contribution in [-0.4, -0.2) is 36.3 Å². The van der Waals surface area contributed by atoms with Crippen LogP contribution >= 0.6 is 12.2 Å². The highest BCUT2D eigenvalue weighted by molar-refractivity contribution is 7.80. The van der Waals surface area contributed by atoms with Gasteiger partial charge < -0.3 is 15.0 Å². The van der Waals surface area contributed by atoms with Gasteiger partial charge in [-0.05, 0) is 23.7 Å². The van der Waals surface area contributed by atoms with E-state index in [1.54, 1.807) is 0 Å². The number of thiocarbonyl (C=S) groups is 1. The number of rotatable bonds is 1. The third kappa shape index (κ3) is 2.69. The fourth-order valence-corrected chi connectivity index (χ4v) is 2.59. The highest BCUT2D eigenvalue weighted by atomic mass is 32.1. The van der Waals surface area contributed by atoms with E-state index in [-0.39, 0.29) is 0 Å². The summed E-state index contributed by atoms with van der Waals surface area (Å²) in [5, 5.41) is 6.55. The molecule has 0 aliphatic carbocycles. The van der Waals surface area contributed by atoms with Crippen LogP contribution < -0.4 is 5.32 Å². The Hall–Kier alpha value is -1.65. The van der Waals surface area contributed by atoms with Crippen LogP contribution in [0.2, 0.25) is 0 Å². The molecule has 2 aromatic carbocycles. The first kappa shape index (κ1) is 12.4. The van der Waals surface area contributed by atoms with Crippen LogP contribution in [0.3, 0.4) is 0 Å². The SMILES string of the molecule is S=C(Nc1cccc2ccccc12)N1CCOCC1. The number of anilines is 1. The lowest BCUT2D eigenvalue weighted by Gasteiger charge is -2.29. The van der Waals surface area contributed by atoms with E-state index >= 15 is 0 Å². The summed E-state index contributed by atoms with van der Waals surface area (Å²) in [5.74, 6) is 0. The monoisotopic (exact) mass is 272 g/mol. The van der Waals surface area contributed by atoms with Crippen LogP contribution in [0.1, 0.15) is 0 Å². The van der Waals surface area contributed by atoms with Crippen molar-refractivity contribution < 1.29 is 4.74 Å². The number of morpholine rings is 1. The van der Waals surface area contributed by atoms with Gasteiger partial charge in [-0.3, -0.25) is 0 Å². The van der Waals surface area contributed by atoms with Gasteiger partial charge in [0.1, 0.15) is 0 Å². The Bertz CT molecular complexity index is 588. The van der Waals surface area contributed by atoms with E-state index in [9.17, 15) is 0 Å². The second kappa shape index (κ2) is 5.55. The molecule has 98 valence electrons. The van der Waals surface area contributed by atoms with Gasteiger partial charge in [0.15, 0.2) is 5.11 Å². The quantitative estimate of drug-likeness (QED) is 0.807. The highest BCUT2D eigenvalue weighted by Crippen LogP contribution is 2.23. The van der Waals surface area contributed by atoms with Crippen LogP contribution in [0.25, 0.3) is 10.8 Å². The zero-order chi connectivity index (χ0) is 13.1. The topological polar surface area (TPSA) is 24.5 Å². The Labute approximate surface area is 118 Å². The van der Waals surface area contributed by atoms with E-state index in [1.807, 2.05) is 18.2 Å². The van der Waals surface area contributed by atoms with Gasteiger partial charge in [-0.25, -0.2) is 0 Å². The van der Waals surface area contributed by atoms with Gasteiger partial charge in [0, 0.05) is 24.2 Å². The lowest BCUT2D eigenvalue weighted by atomic mass is 10.1. The molecule has 19 heavy (non-hydrogen) atoms. The van der Waals surface area contributed by atoms with Gasteiger partial charge in [-0.15, -0.1) is 0 Å². The molecular formula is C15H16N2OS. The van der Waals surface area contributed by atoms with Crippen LogP contribution in [0.15, 0.2) is 42.5 Å². The molecule has 1 N–H and O–H groups in total. The molecule has 0 saturated carbocycles. The Morgan fingerprint density at radius 1 is 1.05 bits per heavy atom. The Morgan fingerprint density at radius 3 is 2.63 bits per heavy atom. The fraction of sp³-hybridized carbons (Fsp3) is 0.267. The van der Waals surface area contributed by atoms with E-state index < -0.39 is 0 Å². The summed E-state index contributed by atoms with van der Waals surface area (Å²) < 4.78 is 5.34. The maximum atomic E-state index is 5.48. The van der Waals surface area contributed by atoms with Gasteiger partial charge >= 0.3 is 0 Å². The van der Waals surface area contributed by atoms with Crippen molar-refractivity contribution in [2.24, 2.45) is 0 Å². The first-order chi connectivity index (χ1) is 9.34. The van der Waals surface area contributed by atoms with Crippen molar-refractivity contribution in [1.82, 2.24) is 4.90 Å². The molecule has 0 spiro atoms. The van der Waals surface area contributed by atoms with E-state index in [1.165, 1.54) is 10.8 Å². The minimum atomic E-state index is 0.747. The van der Waals surface area contributed by atoms with Gasteiger partial charge in [-0.2, -0.15) is 0 Å². The lowest BCUT2D eigenvalue weighted by molar-refractivity contribution is 0.0690. The van der Waals surface area contributed by atoms with E-state index in [2.05, 4.69) is 34.5 Å². The van der Waals surface area contributed by atoms with Crippen molar-refractivity contribution >= 4 is 33.8 Å². The largest absolute Gasteiger partial charge is 0.378 e. The molecule has 1 fully saturated rings. The maximum absolute atomic E-state index is 5.48. The summed E-state index contributed by atoms with van der Waals surface area (Å²) in [6.45, 7) is 3.21. The van der Waals surface area contributed by atoms with Crippen LogP contribution in [-0.2, 0) is 4.74 Å². The molecule has 1 aliphatic rings. The van der Waals surface area contributed by atoms with E-state index in [0.717, 1.165) is 37.1 Å². The number of benzene rings is 2. The molecular weight excluding hydrogens is 256 g/mol. The van der Waals surface area contributed by atoms with Gasteiger partial charge in [0.2, 0.25) is 0 Å². The molecule has 1 heterocycles. The number of ether oxygens (including phenoxy) is 1. The Kier molecular flexibility index (Phi) is 3.62. The molecule has 2 aromatic rings. The second-order valence-corrected chi connectivity index (χ2v) is 4.94. The first-order valence-electron chi connectivity index (χ1n) is 6.46. The molecule has 1 aliphatic heterocycles. The molecule has 0 bridgehead atoms. The lowest BCUT2D eigenvalue weighted by Crippen LogP contribution is -2.42. The second-order valence-electron chi connectivity index (χ2n) is 4.56. The van der Waals surface area contributed by atoms with Crippen molar-refractivity contribution in [2.75, 3.05) is 31.6 Å². The minimum Gasteiger partial charge on any atom is -0.378 e. The molecule has 0 radical (unpaired) electrons. The van der Waals surface area contributed by atoms with E-state index in [0.29, 0.717) is 0 Å². The molecule has 1 saturated heterocycles. The average molecular weight is 272 g/mol. The number of nitrogens with one attached hydrogen (secondary N) is 1. The molecule has 3 rings (SSSR count). The van der Waals surface area contributed by atoms with E-state index in [4.69, 9.17) is 17.0 Å².